The number of nitrogens with zero attached hydrogens (tertiary/aromatic N) is 1. The molecule has 2 rings (SSSR count). The molecule has 20 heavy (non-hydrogen) atoms. The molecule has 0 saturated heterocycles. The predicted octanol–water partition coefficient (Wildman–Crippen LogP) is 2.94. The Morgan fingerprint density at radius 1 is 1.30 bits per heavy atom. The molecule has 0 fully saturated rings. The van der Waals surface area contributed by atoms with E-state index in [4.69, 9.17) is 5.73 Å². The molecule has 2 aromatic carbocycles. The summed E-state index contributed by atoms with van der Waals surface area (Å²) in [6, 6.07) is 12.2. The summed E-state index contributed by atoms with van der Waals surface area (Å²) in [5, 5.41) is 9.70. The number of phenolic OH excluding ortho intramolecular Hbond substituents is 1. The van der Waals surface area contributed by atoms with Gasteiger partial charge in [-0.05, 0) is 24.3 Å². The van der Waals surface area contributed by atoms with Crippen molar-refractivity contribution in [2.75, 3.05) is 17.7 Å². The maximum Gasteiger partial charge on any atom is 0.231 e. The smallest absolute Gasteiger partial charge is 0.231 e. The molecule has 0 aromatic heterocycles. The summed E-state index contributed by atoms with van der Waals surface area (Å²) in [6.45, 7) is 0. The minimum absolute atomic E-state index is 0.123. The lowest BCUT2D eigenvalue weighted by molar-refractivity contribution is -0.117. The molecule has 0 radical (unpaired) electrons. The van der Waals surface area contributed by atoms with Crippen LogP contribution in [-0.2, 0) is 11.2 Å². The summed E-state index contributed by atoms with van der Waals surface area (Å²) in [4.78, 5) is 13.7. The summed E-state index contributed by atoms with van der Waals surface area (Å²) >= 11 is 3.33. The van der Waals surface area contributed by atoms with Crippen molar-refractivity contribution in [2.24, 2.45) is 0 Å². The molecule has 0 aliphatic heterocycles. The van der Waals surface area contributed by atoms with E-state index >= 15 is 0 Å². The number of hydrogen-bond acceptors (Lipinski definition) is 3. The highest BCUT2D eigenvalue weighted by molar-refractivity contribution is 9.10. The highest BCUT2D eigenvalue weighted by Gasteiger charge is 2.15. The number of amides is 1. The minimum Gasteiger partial charge on any atom is -0.508 e. The van der Waals surface area contributed by atoms with Gasteiger partial charge < -0.3 is 15.7 Å². The number of carbonyl (C=O) groups excluding carboxylic acids is 1. The van der Waals surface area contributed by atoms with Crippen LogP contribution in [0, 0.1) is 0 Å². The Morgan fingerprint density at radius 3 is 2.65 bits per heavy atom. The molecule has 0 spiro atoms. The van der Waals surface area contributed by atoms with Gasteiger partial charge in [0.05, 0.1) is 17.8 Å². The molecule has 3 N–H and O–H groups in total. The fourth-order valence-electron chi connectivity index (χ4n) is 1.91. The van der Waals surface area contributed by atoms with Crippen LogP contribution in [0.25, 0.3) is 0 Å². The Labute approximate surface area is 126 Å². The van der Waals surface area contributed by atoms with Crippen LogP contribution < -0.4 is 10.6 Å². The fraction of sp³-hybridized carbons (Fsp3) is 0.133. The summed E-state index contributed by atoms with van der Waals surface area (Å²) in [5.41, 5.74) is 7.68. The predicted molar refractivity (Wildman–Crippen MR) is 83.8 cm³/mol. The van der Waals surface area contributed by atoms with E-state index < -0.39 is 0 Å². The molecule has 0 unspecified atom stereocenters. The molecule has 1 amide bonds. The van der Waals surface area contributed by atoms with Crippen molar-refractivity contribution in [1.29, 1.82) is 0 Å². The number of likely N-dealkylation sites (N-methyl/N-ethyl adjacent to an activating group) is 1. The standard InChI is InChI=1S/C15H15BrN2O2/c1-18(13-7-6-11(16)9-12(13)17)15(20)8-10-4-2-3-5-14(10)19/h2-7,9,19H,8,17H2,1H3. The molecule has 0 aliphatic rings. The van der Waals surface area contributed by atoms with E-state index in [0.29, 0.717) is 16.9 Å². The maximum atomic E-state index is 12.2. The van der Waals surface area contributed by atoms with Crippen molar-refractivity contribution in [3.8, 4) is 5.75 Å². The second kappa shape index (κ2) is 5.96. The first kappa shape index (κ1) is 14.4. The molecule has 0 heterocycles. The third-order valence-corrected chi connectivity index (χ3v) is 3.55. The first-order chi connectivity index (χ1) is 9.49. The van der Waals surface area contributed by atoms with Gasteiger partial charge in [0.1, 0.15) is 5.75 Å². The van der Waals surface area contributed by atoms with Crippen molar-refractivity contribution < 1.29 is 9.90 Å². The van der Waals surface area contributed by atoms with Gasteiger partial charge in [0.15, 0.2) is 0 Å². The Hall–Kier alpha value is -2.01. The number of benzene rings is 2. The molecule has 0 saturated carbocycles. The number of anilines is 2. The molecular formula is C15H15BrN2O2. The lowest BCUT2D eigenvalue weighted by atomic mass is 10.1. The highest BCUT2D eigenvalue weighted by Crippen LogP contribution is 2.27. The summed E-state index contributed by atoms with van der Waals surface area (Å²) < 4.78 is 0.861. The quantitative estimate of drug-likeness (QED) is 0.848. The lowest BCUT2D eigenvalue weighted by Gasteiger charge is -2.19. The van der Waals surface area contributed by atoms with Crippen molar-refractivity contribution in [2.45, 2.75) is 6.42 Å². The highest BCUT2D eigenvalue weighted by atomic mass is 79.9. The lowest BCUT2D eigenvalue weighted by Crippen LogP contribution is -2.28. The summed E-state index contributed by atoms with van der Waals surface area (Å²) in [6.07, 6.45) is 0.124. The van der Waals surface area contributed by atoms with E-state index in [1.54, 1.807) is 43.4 Å². The van der Waals surface area contributed by atoms with Gasteiger partial charge in [-0.3, -0.25) is 4.79 Å². The molecule has 0 bridgehead atoms. The number of aromatic hydroxyl groups is 1. The second-order valence-corrected chi connectivity index (χ2v) is 5.38. The molecular weight excluding hydrogens is 320 g/mol. The average Bonchev–Trinajstić information content (AvgIpc) is 2.40. The van der Waals surface area contributed by atoms with Gasteiger partial charge in [0.25, 0.3) is 0 Å². The zero-order chi connectivity index (χ0) is 14.7. The second-order valence-electron chi connectivity index (χ2n) is 4.46. The van der Waals surface area contributed by atoms with E-state index in [2.05, 4.69) is 15.9 Å². The van der Waals surface area contributed by atoms with Gasteiger partial charge in [-0.1, -0.05) is 34.1 Å². The van der Waals surface area contributed by atoms with Gasteiger partial charge in [0.2, 0.25) is 5.91 Å². The van der Waals surface area contributed by atoms with E-state index in [1.807, 2.05) is 6.07 Å². The van der Waals surface area contributed by atoms with E-state index in [1.165, 1.54) is 4.90 Å². The zero-order valence-electron chi connectivity index (χ0n) is 11.0. The third kappa shape index (κ3) is 3.11. The molecule has 0 aliphatic carbocycles. The van der Waals surface area contributed by atoms with Crippen LogP contribution in [0.4, 0.5) is 11.4 Å². The van der Waals surface area contributed by atoms with Gasteiger partial charge in [-0.25, -0.2) is 0 Å². The van der Waals surface area contributed by atoms with Gasteiger partial charge in [-0.2, -0.15) is 0 Å². The Balaban J connectivity index is 2.19. The first-order valence-corrected chi connectivity index (χ1v) is 6.87. The number of rotatable bonds is 3. The number of hydrogen-bond donors (Lipinski definition) is 2. The van der Waals surface area contributed by atoms with E-state index in [-0.39, 0.29) is 18.1 Å². The SMILES string of the molecule is CN(C(=O)Cc1ccccc1O)c1ccc(Br)cc1N. The van der Waals surface area contributed by atoms with Gasteiger partial charge >= 0.3 is 0 Å². The number of carbonyl (C=O) groups is 1. The first-order valence-electron chi connectivity index (χ1n) is 6.07. The molecule has 5 heteroatoms. The van der Waals surface area contributed by atoms with Crippen LogP contribution in [0.2, 0.25) is 0 Å². The number of halogens is 1. The fourth-order valence-corrected chi connectivity index (χ4v) is 2.29. The van der Waals surface area contributed by atoms with Crippen molar-refractivity contribution in [3.05, 3.63) is 52.5 Å². The Kier molecular flexibility index (Phi) is 4.29. The van der Waals surface area contributed by atoms with Crippen molar-refractivity contribution >= 4 is 33.2 Å². The molecule has 104 valence electrons. The number of para-hydroxylation sites is 1. The number of nitrogens with two attached hydrogens (primary N) is 1. The number of phenols is 1. The van der Waals surface area contributed by atoms with Crippen LogP contribution in [0.3, 0.4) is 0 Å². The van der Waals surface area contributed by atoms with E-state index in [0.717, 1.165) is 4.47 Å². The minimum atomic E-state index is -0.138. The topological polar surface area (TPSA) is 66.6 Å². The van der Waals surface area contributed by atoms with E-state index in [9.17, 15) is 9.90 Å². The third-order valence-electron chi connectivity index (χ3n) is 3.06. The normalized spacial score (nSPS) is 10.3. The average molecular weight is 335 g/mol. The van der Waals surface area contributed by atoms with Crippen LogP contribution in [-0.4, -0.2) is 18.1 Å². The number of nitrogen functional groups attached to an aromatic ring is 1. The van der Waals surface area contributed by atoms with Crippen LogP contribution >= 0.6 is 15.9 Å². The van der Waals surface area contributed by atoms with Crippen LogP contribution in [0.5, 0.6) is 5.75 Å². The van der Waals surface area contributed by atoms with Gasteiger partial charge in [-0.15, -0.1) is 0 Å². The van der Waals surface area contributed by atoms with Crippen LogP contribution in [0.15, 0.2) is 46.9 Å². The largest absolute Gasteiger partial charge is 0.508 e. The van der Waals surface area contributed by atoms with Crippen LogP contribution in [0.1, 0.15) is 5.56 Å². The monoisotopic (exact) mass is 334 g/mol. The Morgan fingerprint density at radius 2 is 2.00 bits per heavy atom. The van der Waals surface area contributed by atoms with Crippen molar-refractivity contribution in [3.63, 3.8) is 0 Å². The Bertz CT molecular complexity index is 644. The van der Waals surface area contributed by atoms with Gasteiger partial charge in [0, 0.05) is 17.1 Å². The molecule has 0 atom stereocenters. The molecule has 2 aromatic rings. The summed E-state index contributed by atoms with van der Waals surface area (Å²) in [5.74, 6) is -0.0152. The van der Waals surface area contributed by atoms with Crippen molar-refractivity contribution in [1.82, 2.24) is 0 Å². The summed E-state index contributed by atoms with van der Waals surface area (Å²) in [7, 11) is 1.67. The zero-order valence-corrected chi connectivity index (χ0v) is 12.6. The maximum absolute atomic E-state index is 12.2. The molecule has 4 nitrogen and oxygen atoms in total.